The van der Waals surface area contributed by atoms with Crippen LogP contribution in [-0.4, -0.2) is 34.2 Å². The minimum atomic E-state index is -4.66. The molecule has 0 saturated heterocycles. The summed E-state index contributed by atoms with van der Waals surface area (Å²) in [6, 6.07) is 6.74. The van der Waals surface area contributed by atoms with Gasteiger partial charge in [-0.25, -0.2) is 4.79 Å². The molecule has 1 aromatic carbocycles. The van der Waals surface area contributed by atoms with Gasteiger partial charge in [-0.2, -0.15) is 18.2 Å². The van der Waals surface area contributed by atoms with E-state index < -0.39 is 12.1 Å². The molecule has 1 N–H and O–H groups in total. The van der Waals surface area contributed by atoms with Gasteiger partial charge in [0.2, 0.25) is 5.82 Å². The SMILES string of the molecule is CN(Cc1ccc(-c2noc(C(F)(F)F)n2)cc1)C(=O)NC1CCC1. The fraction of sp³-hybridized carbons (Fsp3) is 0.438. The Morgan fingerprint density at radius 1 is 1.32 bits per heavy atom. The number of carbonyl (C=O) groups excluding carboxylic acids is 1. The Kier molecular flexibility index (Phi) is 4.65. The zero-order chi connectivity index (χ0) is 18.0. The van der Waals surface area contributed by atoms with Crippen LogP contribution in [0.5, 0.6) is 0 Å². The lowest BCUT2D eigenvalue weighted by atomic mass is 9.93. The van der Waals surface area contributed by atoms with Crippen molar-refractivity contribution >= 4 is 6.03 Å². The molecule has 1 aliphatic rings. The minimum Gasteiger partial charge on any atom is -0.335 e. The van der Waals surface area contributed by atoms with Crippen LogP contribution >= 0.6 is 0 Å². The van der Waals surface area contributed by atoms with Gasteiger partial charge in [-0.15, -0.1) is 0 Å². The summed E-state index contributed by atoms with van der Waals surface area (Å²) < 4.78 is 41.7. The molecule has 0 aliphatic heterocycles. The van der Waals surface area contributed by atoms with E-state index in [-0.39, 0.29) is 17.9 Å². The number of benzene rings is 1. The van der Waals surface area contributed by atoms with E-state index in [9.17, 15) is 18.0 Å². The molecule has 25 heavy (non-hydrogen) atoms. The van der Waals surface area contributed by atoms with Crippen molar-refractivity contribution < 1.29 is 22.5 Å². The van der Waals surface area contributed by atoms with E-state index >= 15 is 0 Å². The number of aromatic nitrogens is 2. The van der Waals surface area contributed by atoms with Crippen molar-refractivity contribution in [3.8, 4) is 11.4 Å². The molecular weight excluding hydrogens is 337 g/mol. The van der Waals surface area contributed by atoms with Crippen molar-refractivity contribution in [3.05, 3.63) is 35.7 Å². The lowest BCUT2D eigenvalue weighted by Gasteiger charge is -2.29. The highest BCUT2D eigenvalue weighted by Crippen LogP contribution is 2.29. The third-order valence-electron chi connectivity index (χ3n) is 4.08. The first-order valence-corrected chi connectivity index (χ1v) is 7.85. The van der Waals surface area contributed by atoms with Gasteiger partial charge < -0.3 is 14.7 Å². The van der Waals surface area contributed by atoms with Crippen LogP contribution in [0.2, 0.25) is 0 Å². The maximum absolute atomic E-state index is 12.5. The van der Waals surface area contributed by atoms with E-state index in [1.807, 2.05) is 0 Å². The monoisotopic (exact) mass is 354 g/mol. The predicted molar refractivity (Wildman–Crippen MR) is 82.4 cm³/mol. The summed E-state index contributed by atoms with van der Waals surface area (Å²) in [6.07, 6.45) is -1.50. The van der Waals surface area contributed by atoms with Crippen LogP contribution in [0.25, 0.3) is 11.4 Å². The van der Waals surface area contributed by atoms with E-state index in [4.69, 9.17) is 0 Å². The molecule has 2 amide bonds. The fourth-order valence-electron chi connectivity index (χ4n) is 2.40. The Labute approximate surface area is 142 Å². The number of halogens is 3. The molecule has 6 nitrogen and oxygen atoms in total. The standard InChI is InChI=1S/C16H17F3N4O2/c1-23(15(24)20-12-3-2-4-12)9-10-5-7-11(8-6-10)13-21-14(25-22-13)16(17,18)19/h5-8,12H,2-4,9H2,1H3,(H,20,24). The Bertz CT molecular complexity index is 739. The average Bonchev–Trinajstić information content (AvgIpc) is 3.01. The Balaban J connectivity index is 1.61. The summed E-state index contributed by atoms with van der Waals surface area (Å²) in [5.74, 6) is -1.51. The molecular formula is C16H17F3N4O2. The van der Waals surface area contributed by atoms with Crippen LogP contribution in [0.3, 0.4) is 0 Å². The highest BCUT2D eigenvalue weighted by Gasteiger charge is 2.38. The quantitative estimate of drug-likeness (QED) is 0.913. The van der Waals surface area contributed by atoms with Gasteiger partial charge in [0.1, 0.15) is 0 Å². The number of alkyl halides is 3. The first kappa shape index (κ1) is 17.2. The molecule has 0 bridgehead atoms. The lowest BCUT2D eigenvalue weighted by molar-refractivity contribution is -0.159. The van der Waals surface area contributed by atoms with Crippen LogP contribution in [-0.2, 0) is 12.7 Å². The van der Waals surface area contributed by atoms with Crippen molar-refractivity contribution in [3.63, 3.8) is 0 Å². The summed E-state index contributed by atoms with van der Waals surface area (Å²) in [5.41, 5.74) is 1.25. The Morgan fingerprint density at radius 2 is 2.00 bits per heavy atom. The Hall–Kier alpha value is -2.58. The van der Waals surface area contributed by atoms with E-state index in [1.165, 1.54) is 0 Å². The third kappa shape index (κ3) is 4.09. The maximum Gasteiger partial charge on any atom is 0.471 e. The second-order valence-corrected chi connectivity index (χ2v) is 6.05. The molecule has 2 aromatic rings. The number of nitrogens with zero attached hydrogens (tertiary/aromatic N) is 3. The molecule has 3 rings (SSSR count). The topological polar surface area (TPSA) is 71.3 Å². The number of rotatable bonds is 4. The second-order valence-electron chi connectivity index (χ2n) is 6.05. The summed E-state index contributed by atoms with van der Waals surface area (Å²) >= 11 is 0. The molecule has 0 atom stereocenters. The first-order valence-electron chi connectivity index (χ1n) is 7.85. The van der Waals surface area contributed by atoms with Crippen LogP contribution < -0.4 is 5.32 Å². The molecule has 1 fully saturated rings. The zero-order valence-electron chi connectivity index (χ0n) is 13.5. The third-order valence-corrected chi connectivity index (χ3v) is 4.08. The molecule has 0 spiro atoms. The number of carbonyl (C=O) groups is 1. The molecule has 0 unspecified atom stereocenters. The second kappa shape index (κ2) is 6.73. The minimum absolute atomic E-state index is 0.130. The summed E-state index contributed by atoms with van der Waals surface area (Å²) in [6.45, 7) is 0.388. The zero-order valence-corrected chi connectivity index (χ0v) is 13.5. The molecule has 0 radical (unpaired) electrons. The number of hydrogen-bond donors (Lipinski definition) is 1. The highest BCUT2D eigenvalue weighted by atomic mass is 19.4. The van der Waals surface area contributed by atoms with Crippen molar-refractivity contribution in [2.75, 3.05) is 7.05 Å². The van der Waals surface area contributed by atoms with Crippen LogP contribution in [0.4, 0.5) is 18.0 Å². The number of nitrogens with one attached hydrogen (secondary N) is 1. The van der Waals surface area contributed by atoms with Crippen molar-refractivity contribution in [2.45, 2.75) is 38.0 Å². The summed E-state index contributed by atoms with van der Waals surface area (Å²) in [7, 11) is 1.69. The summed E-state index contributed by atoms with van der Waals surface area (Å²) in [4.78, 5) is 16.9. The van der Waals surface area contributed by atoms with Gasteiger partial charge in [0.15, 0.2) is 0 Å². The van der Waals surface area contributed by atoms with Gasteiger partial charge in [-0.05, 0) is 24.8 Å². The summed E-state index contributed by atoms with van der Waals surface area (Å²) in [5, 5.41) is 6.28. The van der Waals surface area contributed by atoms with Gasteiger partial charge >= 0.3 is 18.1 Å². The van der Waals surface area contributed by atoms with E-state index in [2.05, 4.69) is 20.0 Å². The number of amides is 2. The number of urea groups is 1. The largest absolute Gasteiger partial charge is 0.471 e. The molecule has 1 aliphatic carbocycles. The first-order chi connectivity index (χ1) is 11.8. The van der Waals surface area contributed by atoms with Crippen LogP contribution in [0.15, 0.2) is 28.8 Å². The van der Waals surface area contributed by atoms with Gasteiger partial charge in [0.25, 0.3) is 0 Å². The van der Waals surface area contributed by atoms with Gasteiger partial charge in [-0.1, -0.05) is 29.4 Å². The van der Waals surface area contributed by atoms with Crippen LogP contribution in [0, 0.1) is 0 Å². The molecule has 1 heterocycles. The van der Waals surface area contributed by atoms with Gasteiger partial charge in [0.05, 0.1) is 0 Å². The van der Waals surface area contributed by atoms with Gasteiger partial charge in [-0.3, -0.25) is 0 Å². The normalized spacial score (nSPS) is 14.9. The van der Waals surface area contributed by atoms with Crippen molar-refractivity contribution in [1.29, 1.82) is 0 Å². The van der Waals surface area contributed by atoms with Crippen molar-refractivity contribution in [1.82, 2.24) is 20.4 Å². The van der Waals surface area contributed by atoms with E-state index in [1.54, 1.807) is 36.2 Å². The molecule has 134 valence electrons. The van der Waals surface area contributed by atoms with Crippen molar-refractivity contribution in [2.24, 2.45) is 0 Å². The fourth-order valence-corrected chi connectivity index (χ4v) is 2.40. The van der Waals surface area contributed by atoms with E-state index in [0.717, 1.165) is 24.8 Å². The maximum atomic E-state index is 12.5. The number of hydrogen-bond acceptors (Lipinski definition) is 4. The molecule has 9 heteroatoms. The van der Waals surface area contributed by atoms with Crippen LogP contribution in [0.1, 0.15) is 30.7 Å². The molecule has 1 aromatic heterocycles. The van der Waals surface area contributed by atoms with E-state index in [0.29, 0.717) is 12.1 Å². The molecule has 1 saturated carbocycles. The smallest absolute Gasteiger partial charge is 0.335 e. The average molecular weight is 354 g/mol. The lowest BCUT2D eigenvalue weighted by Crippen LogP contribution is -2.45. The van der Waals surface area contributed by atoms with Gasteiger partial charge in [0, 0.05) is 25.2 Å². The predicted octanol–water partition coefficient (Wildman–Crippen LogP) is 3.45. The highest BCUT2D eigenvalue weighted by molar-refractivity contribution is 5.74. The Morgan fingerprint density at radius 3 is 2.52 bits per heavy atom.